The van der Waals surface area contributed by atoms with Gasteiger partial charge in [-0.1, -0.05) is 0 Å². The van der Waals surface area contributed by atoms with E-state index in [9.17, 15) is 13.2 Å². The molecule has 68 valence electrons. The van der Waals surface area contributed by atoms with E-state index in [0.29, 0.717) is 0 Å². The van der Waals surface area contributed by atoms with E-state index in [-0.39, 0.29) is 3.57 Å². The van der Waals surface area contributed by atoms with E-state index >= 15 is 0 Å². The average molecular weight is 298 g/mol. The molecule has 1 rings (SSSR count). The first-order chi connectivity index (χ1) is 6.07. The third-order valence-corrected chi connectivity index (χ3v) is 2.51. The molecule has 0 atom stereocenters. The maximum absolute atomic E-state index is 12.7. The first-order valence-corrected chi connectivity index (χ1v) is 4.18. The van der Waals surface area contributed by atoms with Gasteiger partial charge in [0.1, 0.15) is 11.6 Å². The third-order valence-electron chi connectivity index (χ3n) is 1.34. The molecule has 2 nitrogen and oxygen atoms in total. The standard InChI is InChI=1S/C7H2F3IN2/c8-6(9)4-2-13-7(10)3(1-12)5(4)11/h2,6H. The van der Waals surface area contributed by atoms with Crippen LogP contribution in [0.5, 0.6) is 0 Å². The quantitative estimate of drug-likeness (QED) is 0.590. The van der Waals surface area contributed by atoms with Crippen molar-refractivity contribution in [2.24, 2.45) is 0 Å². The summed E-state index contributed by atoms with van der Waals surface area (Å²) < 4.78 is 37.0. The van der Waals surface area contributed by atoms with Crippen molar-refractivity contribution in [2.75, 3.05) is 0 Å². The number of hydrogen-bond acceptors (Lipinski definition) is 2. The lowest BCUT2D eigenvalue weighted by Crippen LogP contribution is -1.99. The second-order valence-corrected chi connectivity index (χ2v) is 3.18. The van der Waals surface area contributed by atoms with Crippen molar-refractivity contribution in [2.45, 2.75) is 6.43 Å². The Balaban J connectivity index is 3.38. The number of aromatic nitrogens is 1. The van der Waals surface area contributed by atoms with Gasteiger partial charge in [-0.05, 0) is 22.6 Å². The van der Waals surface area contributed by atoms with Crippen LogP contribution in [0.25, 0.3) is 0 Å². The summed E-state index contributed by atoms with van der Waals surface area (Å²) in [6, 6.07) is 1.48. The van der Waals surface area contributed by atoms with Crippen LogP contribution in [-0.4, -0.2) is 4.98 Å². The number of nitrogens with zero attached hydrogens (tertiary/aromatic N) is 2. The zero-order valence-corrected chi connectivity index (χ0v) is 8.22. The van der Waals surface area contributed by atoms with Gasteiger partial charge < -0.3 is 0 Å². The Morgan fingerprint density at radius 2 is 2.15 bits per heavy atom. The first kappa shape index (κ1) is 10.2. The van der Waals surface area contributed by atoms with Crippen LogP contribution >= 0.6 is 22.6 Å². The minimum Gasteiger partial charge on any atom is -0.227 e. The molecule has 0 bridgehead atoms. The zero-order valence-electron chi connectivity index (χ0n) is 6.06. The summed E-state index contributed by atoms with van der Waals surface area (Å²) in [6.07, 6.45) is -2.00. The Bertz CT molecular complexity index is 373. The van der Waals surface area contributed by atoms with Crippen molar-refractivity contribution >= 4 is 22.6 Å². The van der Waals surface area contributed by atoms with Gasteiger partial charge >= 0.3 is 0 Å². The van der Waals surface area contributed by atoms with Gasteiger partial charge in [0.15, 0.2) is 0 Å². The number of alkyl halides is 2. The molecule has 0 fully saturated rings. The summed E-state index contributed by atoms with van der Waals surface area (Å²) in [7, 11) is 0. The smallest absolute Gasteiger partial charge is 0.227 e. The highest BCUT2D eigenvalue weighted by Gasteiger charge is 2.18. The van der Waals surface area contributed by atoms with E-state index in [4.69, 9.17) is 5.26 Å². The lowest BCUT2D eigenvalue weighted by molar-refractivity contribution is 0.149. The summed E-state index contributed by atoms with van der Waals surface area (Å²) in [5, 5.41) is 8.43. The van der Waals surface area contributed by atoms with E-state index in [2.05, 4.69) is 4.98 Å². The van der Waals surface area contributed by atoms with Gasteiger partial charge in [0.05, 0.1) is 5.56 Å². The number of hydrogen-bond donors (Lipinski definition) is 0. The fraction of sp³-hybridized carbons (Fsp3) is 0.143. The molecular formula is C7H2F3IN2. The second-order valence-electron chi connectivity index (χ2n) is 2.11. The predicted octanol–water partition coefficient (Wildman–Crippen LogP) is 2.63. The number of halogens is 4. The van der Waals surface area contributed by atoms with Gasteiger partial charge in [-0.3, -0.25) is 0 Å². The van der Waals surface area contributed by atoms with E-state index in [0.717, 1.165) is 6.20 Å². The predicted molar refractivity (Wildman–Crippen MR) is 46.6 cm³/mol. The topological polar surface area (TPSA) is 36.7 Å². The zero-order chi connectivity index (χ0) is 10.0. The average Bonchev–Trinajstić information content (AvgIpc) is 2.04. The summed E-state index contributed by atoms with van der Waals surface area (Å²) in [4.78, 5) is 3.06. The van der Waals surface area contributed by atoms with E-state index in [1.807, 2.05) is 0 Å². The Labute approximate surface area is 85.5 Å². The van der Waals surface area contributed by atoms with E-state index in [1.165, 1.54) is 28.7 Å². The lowest BCUT2D eigenvalue weighted by Gasteiger charge is -2.03. The van der Waals surface area contributed by atoms with Crippen LogP contribution in [-0.2, 0) is 0 Å². The number of rotatable bonds is 1. The highest BCUT2D eigenvalue weighted by molar-refractivity contribution is 14.1. The first-order valence-electron chi connectivity index (χ1n) is 3.10. The maximum atomic E-state index is 12.7. The van der Waals surface area contributed by atoms with Crippen LogP contribution < -0.4 is 0 Å². The number of nitriles is 1. The molecule has 0 saturated carbocycles. The molecule has 0 aliphatic heterocycles. The van der Waals surface area contributed by atoms with Gasteiger partial charge in [0.2, 0.25) is 5.95 Å². The minimum absolute atomic E-state index is 0.0809. The molecule has 6 heteroatoms. The Kier molecular flexibility index (Phi) is 3.08. The van der Waals surface area contributed by atoms with Crippen LogP contribution in [0.15, 0.2) is 6.20 Å². The van der Waals surface area contributed by atoms with Gasteiger partial charge in [0, 0.05) is 9.77 Å². The summed E-state index contributed by atoms with van der Waals surface area (Å²) in [5.74, 6) is -1.02. The molecule has 0 N–H and O–H groups in total. The Hall–Kier alpha value is -0.840. The van der Waals surface area contributed by atoms with E-state index < -0.39 is 23.5 Å². The molecule has 1 heterocycles. The van der Waals surface area contributed by atoms with Crippen LogP contribution in [0.2, 0.25) is 0 Å². The molecule has 0 amide bonds. The molecule has 0 saturated heterocycles. The molecule has 1 aromatic rings. The van der Waals surface area contributed by atoms with Crippen molar-refractivity contribution < 1.29 is 13.2 Å². The molecule has 13 heavy (non-hydrogen) atoms. The van der Waals surface area contributed by atoms with Crippen LogP contribution in [0.1, 0.15) is 17.6 Å². The van der Waals surface area contributed by atoms with Crippen LogP contribution in [0.3, 0.4) is 0 Å². The fourth-order valence-corrected chi connectivity index (χ4v) is 1.45. The van der Waals surface area contributed by atoms with Gasteiger partial charge in [-0.25, -0.2) is 13.8 Å². The highest BCUT2D eigenvalue weighted by Crippen LogP contribution is 2.26. The fourth-order valence-electron chi connectivity index (χ4n) is 0.730. The van der Waals surface area contributed by atoms with Gasteiger partial charge in [-0.15, -0.1) is 0 Å². The lowest BCUT2D eigenvalue weighted by atomic mass is 10.2. The normalized spacial score (nSPS) is 10.2. The molecule has 0 radical (unpaired) electrons. The van der Waals surface area contributed by atoms with Crippen molar-refractivity contribution in [3.8, 4) is 6.07 Å². The molecule has 0 unspecified atom stereocenters. The van der Waals surface area contributed by atoms with Crippen molar-refractivity contribution in [1.82, 2.24) is 4.98 Å². The monoisotopic (exact) mass is 298 g/mol. The van der Waals surface area contributed by atoms with E-state index in [1.54, 1.807) is 0 Å². The second kappa shape index (κ2) is 3.91. The van der Waals surface area contributed by atoms with Crippen molar-refractivity contribution in [1.29, 1.82) is 5.26 Å². The Morgan fingerprint density at radius 3 is 2.62 bits per heavy atom. The molecular weight excluding hydrogens is 296 g/mol. The molecule has 0 aliphatic carbocycles. The summed E-state index contributed by atoms with van der Waals surface area (Å²) in [5.41, 5.74) is -0.850. The minimum atomic E-state index is -2.74. The van der Waals surface area contributed by atoms with Crippen molar-refractivity contribution in [3.05, 3.63) is 26.8 Å². The van der Waals surface area contributed by atoms with Gasteiger partial charge in [0.25, 0.3) is 6.43 Å². The van der Waals surface area contributed by atoms with Crippen LogP contribution in [0, 0.1) is 20.8 Å². The molecule has 0 aromatic carbocycles. The Morgan fingerprint density at radius 1 is 1.54 bits per heavy atom. The summed E-state index contributed by atoms with van der Waals surface area (Å²) >= 11 is 1.50. The maximum Gasteiger partial charge on any atom is 0.266 e. The molecule has 1 aromatic heterocycles. The summed E-state index contributed by atoms with van der Waals surface area (Å²) in [6.45, 7) is 0. The molecule has 0 spiro atoms. The highest BCUT2D eigenvalue weighted by atomic mass is 127. The molecule has 0 aliphatic rings. The largest absolute Gasteiger partial charge is 0.266 e. The van der Waals surface area contributed by atoms with Crippen molar-refractivity contribution in [3.63, 3.8) is 0 Å². The SMILES string of the molecule is N#Cc1c(F)ncc(C(F)F)c1I. The third kappa shape index (κ3) is 1.91. The van der Waals surface area contributed by atoms with Crippen LogP contribution in [0.4, 0.5) is 13.2 Å². The van der Waals surface area contributed by atoms with Gasteiger partial charge in [-0.2, -0.15) is 9.65 Å². The number of pyridine rings is 1.